The number of fused-ring (bicyclic) bond motifs is 1. The molecule has 0 spiro atoms. The number of nitrogens with zero attached hydrogens (tertiary/aromatic N) is 2. The fourth-order valence-electron chi connectivity index (χ4n) is 4.09. The molecule has 3 heterocycles. The smallest absolute Gasteiger partial charge is 0.406 e. The van der Waals surface area contributed by atoms with E-state index < -0.39 is 12.7 Å². The number of aromatic nitrogens is 1. The topological polar surface area (TPSA) is 55.7 Å². The van der Waals surface area contributed by atoms with Crippen LogP contribution in [0.25, 0.3) is 10.9 Å². The molecule has 0 atom stereocenters. The summed E-state index contributed by atoms with van der Waals surface area (Å²) in [5.41, 5.74) is 0.498. The van der Waals surface area contributed by atoms with E-state index in [9.17, 15) is 18.0 Å². The van der Waals surface area contributed by atoms with Crippen molar-refractivity contribution in [2.75, 3.05) is 26.3 Å². The molecule has 2 aromatic rings. The van der Waals surface area contributed by atoms with E-state index in [0.717, 1.165) is 12.8 Å². The molecule has 1 aromatic heterocycles. The van der Waals surface area contributed by atoms with Gasteiger partial charge >= 0.3 is 12.2 Å². The number of piperidine rings is 1. The van der Waals surface area contributed by atoms with Crippen molar-refractivity contribution in [2.45, 2.75) is 50.6 Å². The van der Waals surface area contributed by atoms with Crippen LogP contribution in [0.2, 0.25) is 0 Å². The van der Waals surface area contributed by atoms with Gasteiger partial charge in [0.1, 0.15) is 18.4 Å². The molecule has 0 bridgehead atoms. The highest BCUT2D eigenvalue weighted by Crippen LogP contribution is 2.31. The minimum Gasteiger partial charge on any atom is -0.490 e. The number of carbonyl (C=O) groups excluding carboxylic acids is 1. The zero-order valence-corrected chi connectivity index (χ0v) is 16.7. The Kier molecular flexibility index (Phi) is 6.08. The Morgan fingerprint density at radius 2 is 1.87 bits per heavy atom. The Bertz CT molecular complexity index is 869. The molecule has 1 aromatic carbocycles. The molecular formula is C21H26F3N3O3. The van der Waals surface area contributed by atoms with Crippen LogP contribution in [-0.2, 0) is 11.3 Å². The van der Waals surface area contributed by atoms with Gasteiger partial charge in [-0.15, -0.1) is 0 Å². The molecule has 2 saturated heterocycles. The number of amides is 2. The first-order valence-corrected chi connectivity index (χ1v) is 10.3. The van der Waals surface area contributed by atoms with Gasteiger partial charge < -0.3 is 24.3 Å². The summed E-state index contributed by atoms with van der Waals surface area (Å²) in [5.74, 6) is 0.582. The van der Waals surface area contributed by atoms with E-state index in [1.807, 2.05) is 0 Å². The number of benzene rings is 1. The van der Waals surface area contributed by atoms with Gasteiger partial charge in [0, 0.05) is 56.8 Å². The number of hydrogen-bond acceptors (Lipinski definition) is 3. The van der Waals surface area contributed by atoms with Gasteiger partial charge in [-0.05, 0) is 31.0 Å². The van der Waals surface area contributed by atoms with Crippen LogP contribution in [0.15, 0.2) is 30.5 Å². The highest BCUT2D eigenvalue weighted by Gasteiger charge is 2.29. The number of alkyl halides is 3. The van der Waals surface area contributed by atoms with E-state index in [0.29, 0.717) is 55.8 Å². The number of nitrogens with one attached hydrogen (secondary N) is 1. The minimum absolute atomic E-state index is 0.0494. The molecule has 2 amide bonds. The Morgan fingerprint density at radius 1 is 1.13 bits per heavy atom. The normalized spacial score (nSPS) is 19.2. The van der Waals surface area contributed by atoms with E-state index >= 15 is 0 Å². The zero-order valence-electron chi connectivity index (χ0n) is 16.7. The van der Waals surface area contributed by atoms with Gasteiger partial charge in [-0.25, -0.2) is 4.79 Å². The van der Waals surface area contributed by atoms with Crippen molar-refractivity contribution < 1.29 is 27.4 Å². The van der Waals surface area contributed by atoms with Crippen molar-refractivity contribution in [2.24, 2.45) is 0 Å². The molecule has 2 fully saturated rings. The number of carbonyl (C=O) groups is 1. The quantitative estimate of drug-likeness (QED) is 0.808. The number of urea groups is 1. The standard InChI is InChI=1S/C21H26F3N3O3/c22-21(23,24)14-27-11-6-17-18(27)2-1-3-19(17)30-16-4-9-26(10-5-16)20(28)25-15-7-12-29-13-8-15/h1-3,6,11,15-16H,4-5,7-10,12-14H2,(H,25,28). The van der Waals surface area contributed by atoms with Crippen molar-refractivity contribution in [3.05, 3.63) is 30.5 Å². The van der Waals surface area contributed by atoms with Crippen molar-refractivity contribution >= 4 is 16.9 Å². The first-order chi connectivity index (χ1) is 14.4. The van der Waals surface area contributed by atoms with E-state index in [1.54, 1.807) is 29.2 Å². The van der Waals surface area contributed by atoms with Crippen molar-refractivity contribution in [3.63, 3.8) is 0 Å². The molecule has 4 rings (SSSR count). The SMILES string of the molecule is O=C(NC1CCOCC1)N1CCC(Oc2cccc3c2ccn3CC(F)(F)F)CC1. The third-order valence-electron chi connectivity index (χ3n) is 5.70. The molecule has 0 aliphatic carbocycles. The van der Waals surface area contributed by atoms with Gasteiger partial charge in [-0.3, -0.25) is 0 Å². The molecular weight excluding hydrogens is 399 g/mol. The summed E-state index contributed by atoms with van der Waals surface area (Å²) in [6, 6.07) is 6.93. The Hall–Kier alpha value is -2.42. The highest BCUT2D eigenvalue weighted by molar-refractivity contribution is 5.86. The lowest BCUT2D eigenvalue weighted by Crippen LogP contribution is -2.50. The highest BCUT2D eigenvalue weighted by atomic mass is 19.4. The third kappa shape index (κ3) is 5.00. The van der Waals surface area contributed by atoms with Crippen molar-refractivity contribution in [1.82, 2.24) is 14.8 Å². The molecule has 0 saturated carbocycles. The monoisotopic (exact) mass is 425 g/mol. The van der Waals surface area contributed by atoms with Gasteiger partial charge in [-0.2, -0.15) is 13.2 Å². The molecule has 9 heteroatoms. The third-order valence-corrected chi connectivity index (χ3v) is 5.70. The first-order valence-electron chi connectivity index (χ1n) is 10.3. The molecule has 1 N–H and O–H groups in total. The largest absolute Gasteiger partial charge is 0.490 e. The molecule has 2 aliphatic heterocycles. The number of rotatable bonds is 4. The van der Waals surface area contributed by atoms with Crippen molar-refractivity contribution in [3.8, 4) is 5.75 Å². The first kappa shape index (κ1) is 20.8. The van der Waals surface area contributed by atoms with Gasteiger partial charge in [0.2, 0.25) is 0 Å². The van der Waals surface area contributed by atoms with Crippen LogP contribution in [-0.4, -0.2) is 60.1 Å². The van der Waals surface area contributed by atoms with Gasteiger partial charge in [0.05, 0.1) is 5.52 Å². The maximum atomic E-state index is 12.8. The summed E-state index contributed by atoms with van der Waals surface area (Å²) in [5, 5.41) is 3.74. The Morgan fingerprint density at radius 3 is 2.57 bits per heavy atom. The second kappa shape index (κ2) is 8.75. The summed E-state index contributed by atoms with van der Waals surface area (Å²) in [6.45, 7) is 1.50. The van der Waals surface area contributed by atoms with Gasteiger partial charge in [0.15, 0.2) is 0 Å². The van der Waals surface area contributed by atoms with Crippen LogP contribution in [0, 0.1) is 0 Å². The summed E-state index contributed by atoms with van der Waals surface area (Å²) in [7, 11) is 0. The molecule has 6 nitrogen and oxygen atoms in total. The number of ether oxygens (including phenoxy) is 2. The van der Waals surface area contributed by atoms with E-state index in [1.165, 1.54) is 10.8 Å². The maximum Gasteiger partial charge on any atom is 0.406 e. The average molecular weight is 425 g/mol. The number of hydrogen-bond donors (Lipinski definition) is 1. The van der Waals surface area contributed by atoms with E-state index in [-0.39, 0.29) is 18.2 Å². The van der Waals surface area contributed by atoms with Crippen LogP contribution in [0.5, 0.6) is 5.75 Å². The molecule has 0 unspecified atom stereocenters. The summed E-state index contributed by atoms with van der Waals surface area (Å²) in [4.78, 5) is 14.3. The van der Waals surface area contributed by atoms with Crippen LogP contribution in [0.4, 0.5) is 18.0 Å². The van der Waals surface area contributed by atoms with Crippen LogP contribution in [0.1, 0.15) is 25.7 Å². The zero-order chi connectivity index (χ0) is 21.1. The fourth-order valence-corrected chi connectivity index (χ4v) is 4.09. The average Bonchev–Trinajstić information content (AvgIpc) is 3.11. The van der Waals surface area contributed by atoms with Crippen molar-refractivity contribution in [1.29, 1.82) is 0 Å². The van der Waals surface area contributed by atoms with E-state index in [4.69, 9.17) is 9.47 Å². The van der Waals surface area contributed by atoms with E-state index in [2.05, 4.69) is 5.32 Å². The molecule has 164 valence electrons. The van der Waals surface area contributed by atoms with Gasteiger partial charge in [0.25, 0.3) is 0 Å². The summed E-state index contributed by atoms with van der Waals surface area (Å²) in [6.07, 6.45) is 0.123. The predicted molar refractivity (Wildman–Crippen MR) is 106 cm³/mol. The lowest BCUT2D eigenvalue weighted by atomic mass is 10.1. The number of likely N-dealkylation sites (tertiary alicyclic amines) is 1. The second-order valence-corrected chi connectivity index (χ2v) is 7.89. The predicted octanol–water partition coefficient (Wildman–Crippen LogP) is 3.94. The summed E-state index contributed by atoms with van der Waals surface area (Å²) >= 11 is 0. The molecule has 0 radical (unpaired) electrons. The Labute approximate surface area is 172 Å². The lowest BCUT2D eigenvalue weighted by molar-refractivity contribution is -0.139. The minimum atomic E-state index is -4.28. The number of halogens is 3. The fraction of sp³-hybridized carbons (Fsp3) is 0.571. The van der Waals surface area contributed by atoms with Crippen LogP contribution < -0.4 is 10.1 Å². The molecule has 2 aliphatic rings. The Balaban J connectivity index is 1.34. The van der Waals surface area contributed by atoms with Crippen LogP contribution in [0.3, 0.4) is 0 Å². The van der Waals surface area contributed by atoms with Crippen LogP contribution >= 0.6 is 0 Å². The second-order valence-electron chi connectivity index (χ2n) is 7.89. The van der Waals surface area contributed by atoms with Gasteiger partial charge in [-0.1, -0.05) is 6.07 Å². The summed E-state index contributed by atoms with van der Waals surface area (Å²) < 4.78 is 50.9. The molecule has 30 heavy (non-hydrogen) atoms. The maximum absolute atomic E-state index is 12.8. The lowest BCUT2D eigenvalue weighted by Gasteiger charge is -2.34.